The van der Waals surface area contributed by atoms with Gasteiger partial charge in [0.1, 0.15) is 17.0 Å². The molecule has 0 radical (unpaired) electrons. The lowest BCUT2D eigenvalue weighted by molar-refractivity contribution is -0.122. The first-order valence-corrected chi connectivity index (χ1v) is 9.67. The van der Waals surface area contributed by atoms with Gasteiger partial charge in [-0.2, -0.15) is 0 Å². The van der Waals surface area contributed by atoms with Crippen molar-refractivity contribution >= 4 is 58.2 Å². The Hall–Kier alpha value is -3.50. The third-order valence-corrected chi connectivity index (χ3v) is 5.10. The number of amides is 2. The first-order valence-electron chi connectivity index (χ1n) is 8.88. The number of hydrogen-bond acceptors (Lipinski definition) is 7. The molecule has 31 heavy (non-hydrogen) atoms. The fourth-order valence-corrected chi connectivity index (χ4v) is 3.55. The molecule has 156 valence electrons. The second kappa shape index (κ2) is 8.32. The fourth-order valence-electron chi connectivity index (χ4n) is 3.14. The Morgan fingerprint density at radius 2 is 1.74 bits per heavy atom. The molecule has 1 aliphatic rings. The Bertz CT molecular complexity index is 1220. The highest BCUT2D eigenvalue weighted by Gasteiger charge is 2.35. The normalized spacial score (nSPS) is 15.4. The van der Waals surface area contributed by atoms with Gasteiger partial charge in [-0.15, -0.1) is 5.23 Å². The number of carbonyl (C=O) groups excluding carboxylic acids is 2. The molecule has 8 nitrogen and oxygen atoms in total. The Balaban J connectivity index is 1.77. The number of rotatable bonds is 4. The number of nitrogens with one attached hydrogen (secondary N) is 1. The minimum absolute atomic E-state index is 0.0154. The van der Waals surface area contributed by atoms with Crippen LogP contribution in [0.4, 0.5) is 11.4 Å². The van der Waals surface area contributed by atoms with E-state index < -0.39 is 11.8 Å². The molecule has 1 fully saturated rings. The first kappa shape index (κ1) is 20.8. The summed E-state index contributed by atoms with van der Waals surface area (Å²) in [6.45, 7) is 0. The summed E-state index contributed by atoms with van der Waals surface area (Å²) in [5, 5.41) is 21.9. The zero-order chi connectivity index (χ0) is 22.1. The van der Waals surface area contributed by atoms with Crippen LogP contribution < -0.4 is 15.4 Å². The molecule has 4 rings (SSSR count). The van der Waals surface area contributed by atoms with E-state index in [1.54, 1.807) is 48.5 Å². The highest BCUT2D eigenvalue weighted by molar-refractivity contribution is 7.80. The van der Waals surface area contributed by atoms with Crippen molar-refractivity contribution in [1.29, 1.82) is 0 Å². The van der Waals surface area contributed by atoms with E-state index >= 15 is 0 Å². The summed E-state index contributed by atoms with van der Waals surface area (Å²) in [5.41, 5.74) is 1.19. The van der Waals surface area contributed by atoms with Gasteiger partial charge < -0.3 is 4.42 Å². The predicted octanol–water partition coefficient (Wildman–Crippen LogP) is 4.02. The van der Waals surface area contributed by atoms with E-state index in [1.807, 2.05) is 0 Å². The van der Waals surface area contributed by atoms with Gasteiger partial charge in [-0.1, -0.05) is 29.8 Å². The van der Waals surface area contributed by atoms with Gasteiger partial charge in [0, 0.05) is 16.1 Å². The number of halogens is 1. The van der Waals surface area contributed by atoms with Gasteiger partial charge in [0.2, 0.25) is 0 Å². The number of thiocarbonyl (C=S) groups is 1. The molecule has 0 unspecified atom stereocenters. The third-order valence-electron chi connectivity index (χ3n) is 4.57. The average Bonchev–Trinajstić information content (AvgIpc) is 3.20. The molecule has 10 heteroatoms. The third kappa shape index (κ3) is 3.94. The van der Waals surface area contributed by atoms with Gasteiger partial charge in [0.15, 0.2) is 5.11 Å². The van der Waals surface area contributed by atoms with Crippen molar-refractivity contribution < 1.29 is 24.4 Å². The molecule has 3 N–H and O–H groups in total. The van der Waals surface area contributed by atoms with Crippen LogP contribution in [-0.4, -0.2) is 27.3 Å². The van der Waals surface area contributed by atoms with Crippen molar-refractivity contribution in [3.05, 3.63) is 77.2 Å². The van der Waals surface area contributed by atoms with Gasteiger partial charge in [-0.05, 0) is 54.7 Å². The lowest BCUT2D eigenvalue weighted by atomic mass is 10.0. The number of benzene rings is 2. The zero-order valence-electron chi connectivity index (χ0n) is 15.7. The van der Waals surface area contributed by atoms with Gasteiger partial charge in [0.05, 0.1) is 12.0 Å². The van der Waals surface area contributed by atoms with Crippen LogP contribution in [0.2, 0.25) is 5.02 Å². The van der Waals surface area contributed by atoms with E-state index in [0.29, 0.717) is 21.8 Å². The van der Waals surface area contributed by atoms with Crippen LogP contribution in [0.15, 0.2) is 70.9 Å². The van der Waals surface area contributed by atoms with Crippen molar-refractivity contribution in [2.24, 2.45) is 0 Å². The summed E-state index contributed by atoms with van der Waals surface area (Å²) in [7, 11) is 0. The summed E-state index contributed by atoms with van der Waals surface area (Å²) in [5.74, 6) is -1.14. The van der Waals surface area contributed by atoms with E-state index in [-0.39, 0.29) is 27.4 Å². The largest absolute Gasteiger partial charge is 0.464 e. The predicted molar refractivity (Wildman–Crippen MR) is 118 cm³/mol. The van der Waals surface area contributed by atoms with Crippen LogP contribution >= 0.6 is 23.8 Å². The van der Waals surface area contributed by atoms with Crippen molar-refractivity contribution in [3.8, 4) is 11.1 Å². The van der Waals surface area contributed by atoms with Crippen molar-refractivity contribution in [1.82, 2.24) is 5.32 Å². The Kier molecular flexibility index (Phi) is 5.57. The SMILES string of the molecule is O=C1NC(=S)N(c2ccc(Cl)cc2)C(=O)C1=Cc1occc1-c1ccccc1N(O)O. The van der Waals surface area contributed by atoms with E-state index in [0.717, 1.165) is 0 Å². The van der Waals surface area contributed by atoms with Gasteiger partial charge >= 0.3 is 0 Å². The molecule has 1 aliphatic heterocycles. The van der Waals surface area contributed by atoms with Crippen molar-refractivity contribution in [2.75, 3.05) is 10.1 Å². The van der Waals surface area contributed by atoms with Crippen LogP contribution in [-0.2, 0) is 9.59 Å². The van der Waals surface area contributed by atoms with Crippen molar-refractivity contribution in [3.63, 3.8) is 0 Å². The van der Waals surface area contributed by atoms with Crippen LogP contribution in [0.5, 0.6) is 0 Å². The van der Waals surface area contributed by atoms with Crippen LogP contribution in [0, 0.1) is 0 Å². The van der Waals surface area contributed by atoms with Crippen molar-refractivity contribution in [2.45, 2.75) is 0 Å². The average molecular weight is 456 g/mol. The fraction of sp³-hybridized carbons (Fsp3) is 0. The van der Waals surface area contributed by atoms with Gasteiger partial charge in [-0.25, -0.2) is 0 Å². The Morgan fingerprint density at radius 1 is 1.03 bits per heavy atom. The van der Waals surface area contributed by atoms with Crippen LogP contribution in [0.3, 0.4) is 0 Å². The topological polar surface area (TPSA) is 106 Å². The zero-order valence-corrected chi connectivity index (χ0v) is 17.2. The Labute approximate surface area is 186 Å². The molecule has 1 aromatic heterocycles. The van der Waals surface area contributed by atoms with Crippen LogP contribution in [0.25, 0.3) is 17.2 Å². The number of carbonyl (C=O) groups is 2. The number of nitrogens with zero attached hydrogens (tertiary/aromatic N) is 2. The van der Waals surface area contributed by atoms with E-state index in [2.05, 4.69) is 5.32 Å². The Morgan fingerprint density at radius 3 is 2.45 bits per heavy atom. The molecule has 2 heterocycles. The van der Waals surface area contributed by atoms with E-state index in [9.17, 15) is 20.0 Å². The molecule has 2 aromatic carbocycles. The maximum Gasteiger partial charge on any atom is 0.270 e. The standard InChI is InChI=1S/C21H14ClN3O5S/c22-12-5-7-13(8-6-12)24-20(27)16(19(26)23-21(24)31)11-18-15(9-10-30-18)14-3-1-2-4-17(14)25(28)29/h1-11,28-29H,(H,23,26,31). The molecule has 3 aromatic rings. The molecule has 0 saturated carbocycles. The number of para-hydroxylation sites is 1. The van der Waals surface area contributed by atoms with E-state index in [1.165, 1.54) is 23.3 Å². The molecule has 0 bridgehead atoms. The highest BCUT2D eigenvalue weighted by atomic mass is 35.5. The molecule has 0 atom stereocenters. The molecule has 2 amide bonds. The number of hydrogen-bond donors (Lipinski definition) is 3. The van der Waals surface area contributed by atoms with Crippen LogP contribution in [0.1, 0.15) is 5.76 Å². The molecular weight excluding hydrogens is 442 g/mol. The summed E-state index contributed by atoms with van der Waals surface area (Å²) >= 11 is 11.1. The number of furan rings is 1. The van der Waals surface area contributed by atoms with Gasteiger partial charge in [0.25, 0.3) is 11.8 Å². The molecular formula is C21H14ClN3O5S. The summed E-state index contributed by atoms with van der Waals surface area (Å²) in [6.07, 6.45) is 2.65. The summed E-state index contributed by atoms with van der Waals surface area (Å²) < 4.78 is 5.48. The second-order valence-electron chi connectivity index (χ2n) is 6.44. The summed E-state index contributed by atoms with van der Waals surface area (Å²) in [6, 6.07) is 14.4. The van der Waals surface area contributed by atoms with E-state index in [4.69, 9.17) is 28.2 Å². The minimum atomic E-state index is -0.679. The lowest BCUT2D eigenvalue weighted by Crippen LogP contribution is -2.54. The van der Waals surface area contributed by atoms with Gasteiger partial charge in [-0.3, -0.25) is 30.2 Å². The number of anilines is 2. The second-order valence-corrected chi connectivity index (χ2v) is 7.26. The monoisotopic (exact) mass is 455 g/mol. The highest BCUT2D eigenvalue weighted by Crippen LogP contribution is 2.34. The lowest BCUT2D eigenvalue weighted by Gasteiger charge is -2.28. The first-order chi connectivity index (χ1) is 14.9. The molecule has 0 spiro atoms. The maximum absolute atomic E-state index is 13.1. The quantitative estimate of drug-likeness (QED) is 0.236. The molecule has 1 saturated heterocycles. The smallest absolute Gasteiger partial charge is 0.270 e. The summed E-state index contributed by atoms with van der Waals surface area (Å²) in [4.78, 5) is 26.8. The maximum atomic E-state index is 13.1. The molecule has 0 aliphatic carbocycles. The minimum Gasteiger partial charge on any atom is -0.464 e.